The van der Waals surface area contributed by atoms with Crippen LogP contribution in [0.25, 0.3) is 0 Å². The molecular weight excluding hydrogens is 1320 g/mol. The molecule has 24 heavy (non-hydrogen) atoms. The number of hydrogen-bond donors (Lipinski definition) is 0. The van der Waals surface area contributed by atoms with E-state index in [-0.39, 0.29) is 5.92 Å². The van der Waals surface area contributed by atoms with Gasteiger partial charge < -0.3 is 11.2 Å². The van der Waals surface area contributed by atoms with Crippen molar-refractivity contribution >= 4 is 5.97 Å². The molecule has 7 unspecified atom stereocenters. The van der Waals surface area contributed by atoms with E-state index < -0.39 is 17.2 Å². The SMILES string of the molecule is CC(C)(C)OC(=O)C1(F)CC2[CH-]C1C1C3CCC(C3)C21.[Rf].[Rf].[Rf].[Rf]. The van der Waals surface area contributed by atoms with Gasteiger partial charge in [-0.25, -0.2) is 9.18 Å². The Bertz CT molecular complexity index is 470. The molecule has 0 amide bonds. The molecule has 2 nitrogen and oxygen atoms in total. The standard InChI is InChI=1S/C17H24FO2.4Rf/c1-16(2,3)20-15(19)17(18)8-11-7-12(17)14-10-5-4-9(6-10)13(11)14;;;;/h7,9-14H,4-6,8H2,1-3H3;;;;/q-1;;;;. The Balaban J connectivity index is 0.00000132. The van der Waals surface area contributed by atoms with Crippen molar-refractivity contribution < 1.29 is 13.9 Å². The number of carbonyl (C=O) groups is 1. The predicted octanol–water partition coefficient (Wildman–Crippen LogP) is 3.55. The second-order valence-electron chi connectivity index (χ2n) is 8.44. The Morgan fingerprint density at radius 2 is 1.62 bits per heavy atom. The van der Waals surface area contributed by atoms with Crippen molar-refractivity contribution in [3.63, 3.8) is 0 Å². The van der Waals surface area contributed by atoms with Crippen molar-refractivity contribution in [3.8, 4) is 0 Å². The Kier molecular flexibility index (Phi) is 3.81. The first-order chi connectivity index (χ1) is 9.29. The van der Waals surface area contributed by atoms with Crippen LogP contribution in [0.1, 0.15) is 46.5 Å². The molecule has 4 bridgehead atoms. The number of esters is 1. The summed E-state index contributed by atoms with van der Waals surface area (Å²) in [6.07, 6.45) is 6.39. The predicted molar refractivity (Wildman–Crippen MR) is 73.4 cm³/mol. The third kappa shape index (κ3) is 1.84. The number of alkyl halides is 1. The fourth-order valence-electron chi connectivity index (χ4n) is 5.79. The van der Waals surface area contributed by atoms with Crippen LogP contribution in [0.5, 0.6) is 0 Å². The minimum Gasteiger partial charge on any atom is -0.458 e. The van der Waals surface area contributed by atoms with Crippen molar-refractivity contribution in [2.45, 2.75) is 57.7 Å². The smallest absolute Gasteiger partial charge is 0.341 e. The average Bonchev–Trinajstić information content (AvgIpc) is 3.02. The summed E-state index contributed by atoms with van der Waals surface area (Å²) in [5, 5.41) is 0. The number of fused-ring (bicyclic) bond motifs is 9. The van der Waals surface area contributed by atoms with Gasteiger partial charge in [0.15, 0.2) is 5.67 Å². The quantitative estimate of drug-likeness (QED) is 0.229. The van der Waals surface area contributed by atoms with Crippen LogP contribution in [0.4, 0.5) is 4.39 Å². The maximum atomic E-state index is 15.4. The molecule has 7 heteroatoms. The van der Waals surface area contributed by atoms with E-state index in [4.69, 9.17) is 4.74 Å². The van der Waals surface area contributed by atoms with E-state index in [1.807, 2.05) is 20.8 Å². The maximum Gasteiger partial charge on any atom is 0.341 e. The van der Waals surface area contributed by atoms with E-state index >= 15 is 4.39 Å². The van der Waals surface area contributed by atoms with Gasteiger partial charge in [-0.15, -0.1) is 5.92 Å². The number of carbonyl (C=O) groups excluding carboxylic acids is 1. The third-order valence-corrected chi connectivity index (χ3v) is 6.21. The second kappa shape index (κ2) is 4.71. The molecule has 4 fully saturated rings. The Morgan fingerprint density at radius 1 is 1.08 bits per heavy atom. The number of rotatable bonds is 1. The molecule has 4 aliphatic carbocycles. The molecule has 0 aromatic heterocycles. The van der Waals surface area contributed by atoms with Crippen molar-refractivity contribution in [1.82, 2.24) is 0 Å². The van der Waals surface area contributed by atoms with Crippen molar-refractivity contribution in [1.29, 1.82) is 0 Å². The Morgan fingerprint density at radius 3 is 2.17 bits per heavy atom. The van der Waals surface area contributed by atoms with Gasteiger partial charge in [0.1, 0.15) is 5.60 Å². The zero-order chi connectivity index (χ0) is 14.3. The van der Waals surface area contributed by atoms with Crippen LogP contribution >= 0.6 is 0 Å². The van der Waals surface area contributed by atoms with Gasteiger partial charge in [-0.3, -0.25) is 0 Å². The number of hydrogen-bond acceptors (Lipinski definition) is 2. The van der Waals surface area contributed by atoms with Crippen LogP contribution in [0.15, 0.2) is 0 Å². The molecule has 4 rings (SSSR count). The monoisotopic (exact) mass is 1350 g/mol. The van der Waals surface area contributed by atoms with E-state index in [0.29, 0.717) is 30.1 Å². The zero-order valence-electron chi connectivity index (χ0n) is 15.4. The second-order valence-corrected chi connectivity index (χ2v) is 8.44. The van der Waals surface area contributed by atoms with Gasteiger partial charge in [0.05, 0.1) is 0 Å². The summed E-state index contributed by atoms with van der Waals surface area (Å²) in [6.45, 7) is 5.43. The molecule has 0 radical (unpaired) electrons. The average molecular weight is 1350 g/mol. The van der Waals surface area contributed by atoms with Crippen LogP contribution in [0.3, 0.4) is 0 Å². The summed E-state index contributed by atoms with van der Waals surface area (Å²) in [5.41, 5.74) is -2.35. The van der Waals surface area contributed by atoms with Gasteiger partial charge in [0.2, 0.25) is 0 Å². The molecule has 0 aromatic carbocycles. The summed E-state index contributed by atoms with van der Waals surface area (Å²) in [6, 6.07) is 0. The first-order valence-electron chi connectivity index (χ1n) is 8.07. The molecule has 0 N–H and O–H groups in total. The molecule has 7 atom stereocenters. The minimum absolute atomic E-state index is 0. The van der Waals surface area contributed by atoms with Gasteiger partial charge in [0, 0.05) is 0 Å². The topological polar surface area (TPSA) is 26.3 Å². The molecule has 4 saturated carbocycles. The van der Waals surface area contributed by atoms with E-state index in [0.717, 1.165) is 5.92 Å². The summed E-state index contributed by atoms with van der Waals surface area (Å²) in [4.78, 5) is 12.4. The number of halogens is 1. The fourth-order valence-corrected chi connectivity index (χ4v) is 5.79. The molecule has 120 valence electrons. The maximum absolute atomic E-state index is 15.4. The third-order valence-electron chi connectivity index (χ3n) is 6.21. The van der Waals surface area contributed by atoms with Crippen LogP contribution < -0.4 is 0 Å². The largest absolute Gasteiger partial charge is 0.458 e. The van der Waals surface area contributed by atoms with Gasteiger partial charge in [-0.1, -0.05) is 11.8 Å². The molecule has 0 aliphatic heterocycles. The summed E-state index contributed by atoms with van der Waals surface area (Å²) in [7, 11) is 0. The van der Waals surface area contributed by atoms with Crippen molar-refractivity contribution in [2.75, 3.05) is 0 Å². The van der Waals surface area contributed by atoms with Gasteiger partial charge in [-0.2, -0.15) is 5.92 Å². The molecular formula is C17H24FO2Rf4-. The first kappa shape index (κ1) is 19.4. The molecule has 0 saturated heterocycles. The molecule has 0 heterocycles. The zero-order valence-corrected chi connectivity index (χ0v) is 41.0. The van der Waals surface area contributed by atoms with Crippen molar-refractivity contribution in [3.05, 3.63) is 6.42 Å². The van der Waals surface area contributed by atoms with Crippen LogP contribution in [-0.4, -0.2) is 17.2 Å². The fraction of sp³-hybridized carbons (Fsp3) is 0.882. The number of ether oxygens (including phenoxy) is 1. The molecule has 0 aromatic rings. The van der Waals surface area contributed by atoms with Crippen LogP contribution in [0, 0.1) is 41.9 Å². The molecule has 0 spiro atoms. The molecule has 4 aliphatic rings. The van der Waals surface area contributed by atoms with E-state index in [2.05, 4.69) is 6.42 Å². The Hall–Kier alpha value is -4.60. The van der Waals surface area contributed by atoms with Gasteiger partial charge in [-0.05, 0) is 58.3 Å². The van der Waals surface area contributed by atoms with Gasteiger partial charge >= 0.3 is 5.97 Å². The summed E-state index contributed by atoms with van der Waals surface area (Å²) in [5.74, 6) is 2.08. The van der Waals surface area contributed by atoms with Gasteiger partial charge in [0.25, 0.3) is 0 Å². The first-order valence-corrected chi connectivity index (χ1v) is 8.07. The summed E-state index contributed by atoms with van der Waals surface area (Å²) < 4.78 is 20.8. The van der Waals surface area contributed by atoms with E-state index in [9.17, 15) is 4.79 Å². The normalized spacial score (nSPS) is 43.7. The minimum atomic E-state index is -1.75. The van der Waals surface area contributed by atoms with E-state index in [1.165, 1.54) is 19.3 Å². The summed E-state index contributed by atoms with van der Waals surface area (Å²) >= 11 is 0. The van der Waals surface area contributed by atoms with Crippen LogP contribution in [0.2, 0.25) is 0 Å². The van der Waals surface area contributed by atoms with E-state index in [1.54, 1.807) is 0 Å². The van der Waals surface area contributed by atoms with Crippen LogP contribution in [-0.2, 0) is 9.53 Å². The Labute approximate surface area is 120 Å². The van der Waals surface area contributed by atoms with Crippen molar-refractivity contribution in [2.24, 2.45) is 35.5 Å².